The van der Waals surface area contributed by atoms with Crippen LogP contribution in [-0.4, -0.2) is 37.5 Å². The van der Waals surface area contributed by atoms with Gasteiger partial charge in [-0.15, -0.1) is 0 Å². The molecule has 5 nitrogen and oxygen atoms in total. The molecular weight excluding hydrogens is 272 g/mol. The van der Waals surface area contributed by atoms with Gasteiger partial charge in [0.05, 0.1) is 25.7 Å². The number of hydrogen-bond acceptors (Lipinski definition) is 4. The van der Waals surface area contributed by atoms with E-state index in [0.717, 1.165) is 18.4 Å². The van der Waals surface area contributed by atoms with Gasteiger partial charge in [0.25, 0.3) is 0 Å². The number of rotatable bonds is 5. The SMILES string of the molecule is COc1cc(C2(C(=O)O)CC2)ccc1OC1CCOCC1. The van der Waals surface area contributed by atoms with Gasteiger partial charge in [-0.3, -0.25) is 4.79 Å². The van der Waals surface area contributed by atoms with Crippen molar-refractivity contribution in [2.24, 2.45) is 0 Å². The average molecular weight is 292 g/mol. The van der Waals surface area contributed by atoms with Crippen LogP contribution in [0.4, 0.5) is 0 Å². The summed E-state index contributed by atoms with van der Waals surface area (Å²) in [6.07, 6.45) is 3.23. The van der Waals surface area contributed by atoms with E-state index in [4.69, 9.17) is 14.2 Å². The molecule has 1 saturated carbocycles. The molecule has 0 radical (unpaired) electrons. The maximum absolute atomic E-state index is 11.4. The fourth-order valence-electron chi connectivity index (χ4n) is 2.79. The number of carbonyl (C=O) groups is 1. The van der Waals surface area contributed by atoms with Crippen molar-refractivity contribution in [3.05, 3.63) is 23.8 Å². The van der Waals surface area contributed by atoms with Gasteiger partial charge in [-0.1, -0.05) is 6.07 Å². The van der Waals surface area contributed by atoms with Crippen LogP contribution in [0, 0.1) is 0 Å². The van der Waals surface area contributed by atoms with Crippen LogP contribution in [0.2, 0.25) is 0 Å². The number of carboxylic acids is 1. The summed E-state index contributed by atoms with van der Waals surface area (Å²) in [5.74, 6) is 0.517. The molecule has 1 heterocycles. The Hall–Kier alpha value is -1.75. The lowest BCUT2D eigenvalue weighted by atomic mass is 9.96. The summed E-state index contributed by atoms with van der Waals surface area (Å²) < 4.78 is 16.7. The Labute approximate surface area is 123 Å². The van der Waals surface area contributed by atoms with Crippen LogP contribution in [0.5, 0.6) is 11.5 Å². The first-order valence-corrected chi connectivity index (χ1v) is 7.32. The fraction of sp³-hybridized carbons (Fsp3) is 0.562. The molecule has 0 spiro atoms. The molecule has 1 aliphatic heterocycles. The van der Waals surface area contributed by atoms with E-state index in [2.05, 4.69) is 0 Å². The predicted molar refractivity (Wildman–Crippen MR) is 76.0 cm³/mol. The molecule has 2 aliphatic rings. The van der Waals surface area contributed by atoms with Crippen molar-refractivity contribution in [1.82, 2.24) is 0 Å². The molecule has 1 N–H and O–H groups in total. The minimum absolute atomic E-state index is 0.132. The zero-order valence-corrected chi connectivity index (χ0v) is 12.1. The summed E-state index contributed by atoms with van der Waals surface area (Å²) in [4.78, 5) is 11.4. The zero-order chi connectivity index (χ0) is 14.9. The second kappa shape index (κ2) is 5.56. The summed E-state index contributed by atoms with van der Waals surface area (Å²) in [6, 6.07) is 5.47. The van der Waals surface area contributed by atoms with Crippen LogP contribution in [0.25, 0.3) is 0 Å². The van der Waals surface area contributed by atoms with E-state index in [1.165, 1.54) is 0 Å². The van der Waals surface area contributed by atoms with Crippen molar-refractivity contribution in [2.75, 3.05) is 20.3 Å². The first kappa shape index (κ1) is 14.2. The lowest BCUT2D eigenvalue weighted by Crippen LogP contribution is -2.26. The number of benzene rings is 1. The average Bonchev–Trinajstić information content (AvgIpc) is 3.30. The van der Waals surface area contributed by atoms with Crippen LogP contribution in [0.3, 0.4) is 0 Å². The second-order valence-electron chi connectivity index (χ2n) is 5.68. The molecule has 1 saturated heterocycles. The molecule has 0 amide bonds. The Morgan fingerprint density at radius 3 is 2.57 bits per heavy atom. The Kier molecular flexibility index (Phi) is 3.76. The highest BCUT2D eigenvalue weighted by atomic mass is 16.5. The maximum atomic E-state index is 11.4. The molecule has 3 rings (SSSR count). The molecule has 21 heavy (non-hydrogen) atoms. The fourth-order valence-corrected chi connectivity index (χ4v) is 2.79. The van der Waals surface area contributed by atoms with Crippen molar-refractivity contribution in [3.8, 4) is 11.5 Å². The lowest BCUT2D eigenvalue weighted by Gasteiger charge is -2.24. The van der Waals surface area contributed by atoms with E-state index in [0.29, 0.717) is 37.6 Å². The second-order valence-corrected chi connectivity index (χ2v) is 5.68. The molecule has 1 aromatic rings. The highest BCUT2D eigenvalue weighted by Gasteiger charge is 2.52. The van der Waals surface area contributed by atoms with E-state index < -0.39 is 11.4 Å². The van der Waals surface area contributed by atoms with Gasteiger partial charge in [0.2, 0.25) is 0 Å². The van der Waals surface area contributed by atoms with Crippen LogP contribution in [-0.2, 0) is 14.9 Å². The molecule has 2 fully saturated rings. The third-order valence-electron chi connectivity index (χ3n) is 4.34. The summed E-state index contributed by atoms with van der Waals surface area (Å²) in [5.41, 5.74) is 0.0796. The summed E-state index contributed by atoms with van der Waals surface area (Å²) in [5, 5.41) is 9.37. The third kappa shape index (κ3) is 2.70. The molecule has 1 aromatic carbocycles. The van der Waals surface area contributed by atoms with Gasteiger partial charge >= 0.3 is 5.97 Å². The lowest BCUT2D eigenvalue weighted by molar-refractivity contribution is -0.140. The number of hydrogen-bond donors (Lipinski definition) is 1. The summed E-state index contributed by atoms with van der Waals surface area (Å²) in [7, 11) is 1.58. The molecule has 114 valence electrons. The summed E-state index contributed by atoms with van der Waals surface area (Å²) in [6.45, 7) is 1.43. The number of ether oxygens (including phenoxy) is 3. The molecule has 0 bridgehead atoms. The monoisotopic (exact) mass is 292 g/mol. The minimum Gasteiger partial charge on any atom is -0.493 e. The smallest absolute Gasteiger partial charge is 0.314 e. The molecule has 1 aliphatic carbocycles. The molecule has 0 aromatic heterocycles. The van der Waals surface area contributed by atoms with Crippen LogP contribution in [0.15, 0.2) is 18.2 Å². The van der Waals surface area contributed by atoms with Crippen molar-refractivity contribution in [2.45, 2.75) is 37.2 Å². The maximum Gasteiger partial charge on any atom is 0.314 e. The van der Waals surface area contributed by atoms with Crippen LogP contribution >= 0.6 is 0 Å². The van der Waals surface area contributed by atoms with Crippen LogP contribution in [0.1, 0.15) is 31.2 Å². The third-order valence-corrected chi connectivity index (χ3v) is 4.34. The number of carboxylic acid groups (broad SMARTS) is 1. The Balaban J connectivity index is 1.80. The van der Waals surface area contributed by atoms with Gasteiger partial charge < -0.3 is 19.3 Å². The van der Waals surface area contributed by atoms with Crippen molar-refractivity contribution < 1.29 is 24.1 Å². The van der Waals surface area contributed by atoms with Gasteiger partial charge in [-0.05, 0) is 30.5 Å². The van der Waals surface area contributed by atoms with Gasteiger partial charge in [0.1, 0.15) is 6.10 Å². The number of aliphatic carboxylic acids is 1. The molecule has 0 unspecified atom stereocenters. The Morgan fingerprint density at radius 1 is 1.29 bits per heavy atom. The number of methoxy groups -OCH3 is 1. The highest BCUT2D eigenvalue weighted by molar-refractivity contribution is 5.85. The highest BCUT2D eigenvalue weighted by Crippen LogP contribution is 2.50. The van der Waals surface area contributed by atoms with E-state index in [9.17, 15) is 9.90 Å². The van der Waals surface area contributed by atoms with Crippen molar-refractivity contribution in [3.63, 3.8) is 0 Å². The molecular formula is C16H20O5. The largest absolute Gasteiger partial charge is 0.493 e. The minimum atomic E-state index is -0.761. The Morgan fingerprint density at radius 2 is 2.00 bits per heavy atom. The van der Waals surface area contributed by atoms with E-state index in [1.54, 1.807) is 13.2 Å². The normalized spacial score (nSPS) is 20.8. The van der Waals surface area contributed by atoms with E-state index >= 15 is 0 Å². The van der Waals surface area contributed by atoms with Gasteiger partial charge in [-0.2, -0.15) is 0 Å². The van der Waals surface area contributed by atoms with Gasteiger partial charge in [0, 0.05) is 12.8 Å². The first-order chi connectivity index (χ1) is 10.2. The predicted octanol–water partition coefficient (Wildman–Crippen LogP) is 2.37. The van der Waals surface area contributed by atoms with Crippen molar-refractivity contribution in [1.29, 1.82) is 0 Å². The van der Waals surface area contributed by atoms with Crippen molar-refractivity contribution >= 4 is 5.97 Å². The van der Waals surface area contributed by atoms with Crippen LogP contribution < -0.4 is 9.47 Å². The molecule has 0 atom stereocenters. The van der Waals surface area contributed by atoms with E-state index in [-0.39, 0.29) is 6.10 Å². The molecule has 5 heteroatoms. The zero-order valence-electron chi connectivity index (χ0n) is 12.1. The van der Waals surface area contributed by atoms with Gasteiger partial charge in [0.15, 0.2) is 11.5 Å². The van der Waals surface area contributed by atoms with Gasteiger partial charge in [-0.25, -0.2) is 0 Å². The first-order valence-electron chi connectivity index (χ1n) is 7.32. The topological polar surface area (TPSA) is 65.0 Å². The standard InChI is InChI=1S/C16H20O5/c1-19-14-10-11(16(6-7-16)15(17)18)2-3-13(14)21-12-4-8-20-9-5-12/h2-3,10,12H,4-9H2,1H3,(H,17,18). The quantitative estimate of drug-likeness (QED) is 0.902. The van der Waals surface area contributed by atoms with E-state index in [1.807, 2.05) is 12.1 Å². The summed E-state index contributed by atoms with van der Waals surface area (Å²) >= 11 is 0. The Bertz CT molecular complexity index is 529.